The van der Waals surface area contributed by atoms with E-state index in [2.05, 4.69) is 50.0 Å². The summed E-state index contributed by atoms with van der Waals surface area (Å²) < 4.78 is 0. The lowest BCUT2D eigenvalue weighted by Gasteiger charge is -2.23. The lowest BCUT2D eigenvalue weighted by Crippen LogP contribution is -2.39. The van der Waals surface area contributed by atoms with E-state index in [1.807, 2.05) is 11.3 Å². The Kier molecular flexibility index (Phi) is 4.46. The second kappa shape index (κ2) is 5.72. The quantitative estimate of drug-likeness (QED) is 0.900. The molecule has 1 atom stereocenters. The predicted molar refractivity (Wildman–Crippen MR) is 80.2 cm³/mol. The van der Waals surface area contributed by atoms with Crippen molar-refractivity contribution in [3.63, 3.8) is 0 Å². The van der Waals surface area contributed by atoms with Crippen LogP contribution in [-0.2, 0) is 6.54 Å². The van der Waals surface area contributed by atoms with Crippen molar-refractivity contribution >= 4 is 11.3 Å². The highest BCUT2D eigenvalue weighted by atomic mass is 32.1. The highest BCUT2D eigenvalue weighted by Gasteiger charge is 2.23. The van der Waals surface area contributed by atoms with Crippen molar-refractivity contribution in [2.24, 2.45) is 5.92 Å². The van der Waals surface area contributed by atoms with Gasteiger partial charge in [0.15, 0.2) is 0 Å². The third kappa shape index (κ3) is 4.38. The van der Waals surface area contributed by atoms with Crippen LogP contribution in [0.2, 0.25) is 0 Å². The maximum absolute atomic E-state index is 3.63. The van der Waals surface area contributed by atoms with E-state index in [0.717, 1.165) is 19.0 Å². The number of rotatable bonds is 4. The van der Waals surface area contributed by atoms with Crippen molar-refractivity contribution in [2.45, 2.75) is 46.2 Å². The van der Waals surface area contributed by atoms with Crippen LogP contribution in [0.25, 0.3) is 0 Å². The predicted octanol–water partition coefficient (Wildman–Crippen LogP) is 3.27. The first-order valence-electron chi connectivity index (χ1n) is 6.95. The Morgan fingerprint density at radius 2 is 2.17 bits per heavy atom. The first-order valence-corrected chi connectivity index (χ1v) is 7.77. The molecule has 0 bridgehead atoms. The summed E-state index contributed by atoms with van der Waals surface area (Å²) in [5.74, 6) is 0.824. The molecule has 0 spiro atoms. The minimum absolute atomic E-state index is 0.248. The largest absolute Gasteiger partial charge is 0.312 e. The molecule has 1 aromatic rings. The molecule has 0 radical (unpaired) electrons. The van der Waals surface area contributed by atoms with Crippen molar-refractivity contribution in [1.82, 2.24) is 10.2 Å². The maximum atomic E-state index is 3.63. The molecular formula is C15H26N2S. The summed E-state index contributed by atoms with van der Waals surface area (Å²) in [5, 5.41) is 3.63. The molecule has 1 saturated heterocycles. The van der Waals surface area contributed by atoms with E-state index in [1.54, 1.807) is 0 Å². The van der Waals surface area contributed by atoms with Crippen molar-refractivity contribution in [3.05, 3.63) is 21.9 Å². The van der Waals surface area contributed by atoms with E-state index < -0.39 is 0 Å². The van der Waals surface area contributed by atoms with Crippen LogP contribution in [0.15, 0.2) is 12.1 Å². The van der Waals surface area contributed by atoms with Gasteiger partial charge in [-0.25, -0.2) is 0 Å². The lowest BCUT2D eigenvalue weighted by molar-refractivity contribution is 0.307. The molecule has 2 nitrogen and oxygen atoms in total. The van der Waals surface area contributed by atoms with Crippen molar-refractivity contribution in [3.8, 4) is 0 Å². The molecule has 1 aliphatic rings. The number of thiophene rings is 1. The van der Waals surface area contributed by atoms with Gasteiger partial charge in [-0.05, 0) is 65.3 Å². The summed E-state index contributed by atoms with van der Waals surface area (Å²) in [6.07, 6.45) is 1.34. The Bertz CT molecular complexity index is 378. The van der Waals surface area contributed by atoms with Crippen LogP contribution in [-0.4, -0.2) is 30.1 Å². The van der Waals surface area contributed by atoms with Crippen LogP contribution in [0.1, 0.15) is 36.9 Å². The van der Waals surface area contributed by atoms with Gasteiger partial charge in [-0.2, -0.15) is 0 Å². The normalized spacial score (nSPS) is 21.7. The number of nitrogens with zero attached hydrogens (tertiary/aromatic N) is 1. The topological polar surface area (TPSA) is 15.3 Å². The van der Waals surface area contributed by atoms with Crippen LogP contribution in [0.5, 0.6) is 0 Å². The fourth-order valence-corrected chi connectivity index (χ4v) is 3.40. The molecule has 0 saturated carbocycles. The Hall–Kier alpha value is -0.380. The number of aryl methyl sites for hydroxylation is 1. The third-order valence-corrected chi connectivity index (χ3v) is 4.45. The molecule has 3 heteroatoms. The molecule has 2 heterocycles. The average Bonchev–Trinajstić information content (AvgIpc) is 2.85. The van der Waals surface area contributed by atoms with Gasteiger partial charge in [0, 0.05) is 28.4 Å². The van der Waals surface area contributed by atoms with Crippen molar-refractivity contribution < 1.29 is 0 Å². The smallest absolute Gasteiger partial charge is 0.0328 e. The first-order chi connectivity index (χ1) is 8.42. The van der Waals surface area contributed by atoms with Gasteiger partial charge < -0.3 is 5.32 Å². The van der Waals surface area contributed by atoms with E-state index in [4.69, 9.17) is 0 Å². The Balaban J connectivity index is 1.75. The van der Waals surface area contributed by atoms with Gasteiger partial charge >= 0.3 is 0 Å². The molecule has 0 aromatic carbocycles. The second-order valence-electron chi connectivity index (χ2n) is 6.53. The minimum Gasteiger partial charge on any atom is -0.312 e. The van der Waals surface area contributed by atoms with Gasteiger partial charge in [-0.1, -0.05) is 0 Å². The molecule has 1 fully saturated rings. The molecule has 102 valence electrons. The van der Waals surface area contributed by atoms with Crippen LogP contribution in [0.3, 0.4) is 0 Å². The SMILES string of the molecule is Cc1ccc(CN2CCC(CNC(C)(C)C)C2)s1. The highest BCUT2D eigenvalue weighted by Crippen LogP contribution is 2.22. The van der Waals surface area contributed by atoms with Crippen LogP contribution >= 0.6 is 11.3 Å². The summed E-state index contributed by atoms with van der Waals surface area (Å²) in [7, 11) is 0. The van der Waals surface area contributed by atoms with E-state index >= 15 is 0 Å². The molecule has 1 aromatic heterocycles. The summed E-state index contributed by atoms with van der Waals surface area (Å²) in [6, 6.07) is 4.51. The highest BCUT2D eigenvalue weighted by molar-refractivity contribution is 7.11. The van der Waals surface area contributed by atoms with Crippen molar-refractivity contribution in [2.75, 3.05) is 19.6 Å². The van der Waals surface area contributed by atoms with Gasteiger partial charge in [0.05, 0.1) is 0 Å². The number of likely N-dealkylation sites (tertiary alicyclic amines) is 1. The molecule has 1 N–H and O–H groups in total. The summed E-state index contributed by atoms with van der Waals surface area (Å²) in [4.78, 5) is 5.53. The molecule has 0 amide bonds. The molecule has 18 heavy (non-hydrogen) atoms. The third-order valence-electron chi connectivity index (χ3n) is 3.47. The first kappa shape index (κ1) is 14.0. The van der Waals surface area contributed by atoms with Crippen LogP contribution < -0.4 is 5.32 Å². The summed E-state index contributed by atoms with van der Waals surface area (Å²) >= 11 is 1.94. The van der Waals surface area contributed by atoms with E-state index in [-0.39, 0.29) is 5.54 Å². The van der Waals surface area contributed by atoms with Gasteiger partial charge in [-0.15, -0.1) is 11.3 Å². The van der Waals surface area contributed by atoms with Gasteiger partial charge in [-0.3, -0.25) is 4.90 Å². The Morgan fingerprint density at radius 1 is 1.39 bits per heavy atom. The number of nitrogens with one attached hydrogen (secondary N) is 1. The number of hydrogen-bond donors (Lipinski definition) is 1. The fraction of sp³-hybridized carbons (Fsp3) is 0.733. The van der Waals surface area contributed by atoms with E-state index in [0.29, 0.717) is 0 Å². The van der Waals surface area contributed by atoms with Crippen LogP contribution in [0, 0.1) is 12.8 Å². The molecule has 0 aliphatic carbocycles. The molecular weight excluding hydrogens is 240 g/mol. The maximum Gasteiger partial charge on any atom is 0.0328 e. The second-order valence-corrected chi connectivity index (χ2v) is 7.91. The van der Waals surface area contributed by atoms with E-state index in [9.17, 15) is 0 Å². The molecule has 1 aliphatic heterocycles. The zero-order valence-electron chi connectivity index (χ0n) is 12.1. The standard InChI is InChI=1S/C15H26N2S/c1-12-5-6-14(18-12)11-17-8-7-13(10-17)9-16-15(2,3)4/h5-6,13,16H,7-11H2,1-4H3. The fourth-order valence-electron chi connectivity index (χ4n) is 2.46. The molecule has 1 unspecified atom stereocenters. The Morgan fingerprint density at radius 3 is 2.78 bits per heavy atom. The molecule has 2 rings (SSSR count). The van der Waals surface area contributed by atoms with Crippen LogP contribution in [0.4, 0.5) is 0 Å². The van der Waals surface area contributed by atoms with Crippen molar-refractivity contribution in [1.29, 1.82) is 0 Å². The monoisotopic (exact) mass is 266 g/mol. The van der Waals surface area contributed by atoms with Gasteiger partial charge in [0.25, 0.3) is 0 Å². The average molecular weight is 266 g/mol. The zero-order valence-corrected chi connectivity index (χ0v) is 12.9. The van der Waals surface area contributed by atoms with Gasteiger partial charge in [0.2, 0.25) is 0 Å². The lowest BCUT2D eigenvalue weighted by atomic mass is 10.1. The zero-order chi connectivity index (χ0) is 13.2. The summed E-state index contributed by atoms with van der Waals surface area (Å²) in [6.45, 7) is 13.7. The minimum atomic E-state index is 0.248. The Labute approximate surface area is 115 Å². The summed E-state index contributed by atoms with van der Waals surface area (Å²) in [5.41, 5.74) is 0.248. The number of hydrogen-bond acceptors (Lipinski definition) is 3. The van der Waals surface area contributed by atoms with E-state index in [1.165, 1.54) is 29.3 Å². The van der Waals surface area contributed by atoms with Gasteiger partial charge in [0.1, 0.15) is 0 Å².